The maximum absolute atomic E-state index is 11.3. The molecule has 17 heavy (non-hydrogen) atoms. The van der Waals surface area contributed by atoms with Gasteiger partial charge in [0.1, 0.15) is 11.9 Å². The highest BCUT2D eigenvalue weighted by Crippen LogP contribution is 2.04. The maximum Gasteiger partial charge on any atom is 0.326 e. The molecule has 0 bridgehead atoms. The Labute approximate surface area is 103 Å². The average Bonchev–Trinajstić information content (AvgIpc) is 2.59. The van der Waals surface area contributed by atoms with Crippen LogP contribution in [0.2, 0.25) is 0 Å². The van der Waals surface area contributed by atoms with E-state index in [1.54, 1.807) is 18.5 Å². The number of rotatable bonds is 7. The maximum atomic E-state index is 11.3. The van der Waals surface area contributed by atoms with Crippen LogP contribution in [-0.4, -0.2) is 33.1 Å². The number of unbranched alkanes of at least 4 members (excludes halogenated alkanes) is 1. The highest BCUT2D eigenvalue weighted by Gasteiger charge is 2.13. The van der Waals surface area contributed by atoms with Crippen molar-refractivity contribution in [3.8, 4) is 0 Å². The van der Waals surface area contributed by atoms with Crippen LogP contribution in [0, 0.1) is 6.92 Å². The summed E-state index contributed by atoms with van der Waals surface area (Å²) in [6, 6.07) is -0.506. The molecule has 1 aromatic rings. The number of nitrogens with zero attached hydrogens (tertiary/aromatic N) is 2. The van der Waals surface area contributed by atoms with Crippen LogP contribution in [0.15, 0.2) is 4.79 Å². The molecule has 1 rings (SSSR count). The summed E-state index contributed by atoms with van der Waals surface area (Å²) in [4.78, 5) is 22.0. The van der Waals surface area contributed by atoms with Crippen LogP contribution in [0.4, 0.5) is 0 Å². The van der Waals surface area contributed by atoms with Crippen molar-refractivity contribution in [2.45, 2.75) is 38.8 Å². The molecule has 1 atom stereocenters. The molecule has 7 heteroatoms. The summed E-state index contributed by atoms with van der Waals surface area (Å²) in [7, 11) is 1.64. The molecule has 0 saturated heterocycles. The monoisotopic (exact) mass is 259 g/mol. The molecule has 1 heterocycles. The minimum atomic E-state index is -0.835. The van der Waals surface area contributed by atoms with Gasteiger partial charge in [0, 0.05) is 18.1 Å². The van der Waals surface area contributed by atoms with Crippen molar-refractivity contribution < 1.29 is 9.90 Å². The van der Waals surface area contributed by atoms with Crippen LogP contribution < -0.4 is 10.2 Å². The van der Waals surface area contributed by atoms with E-state index in [1.807, 2.05) is 0 Å². The molecule has 0 amide bonds. The SMILES string of the molecule is CNC(CCCCn1c(C)nsc1=O)C(=O)O. The van der Waals surface area contributed by atoms with E-state index in [1.165, 1.54) is 0 Å². The van der Waals surface area contributed by atoms with Crippen LogP contribution in [0.5, 0.6) is 0 Å². The largest absolute Gasteiger partial charge is 0.480 e. The number of nitrogens with one attached hydrogen (secondary N) is 1. The molecular formula is C10H17N3O3S. The summed E-state index contributed by atoms with van der Waals surface area (Å²) >= 11 is 0.956. The van der Waals surface area contributed by atoms with Crippen molar-refractivity contribution in [2.24, 2.45) is 0 Å². The number of hydrogen-bond donors (Lipinski definition) is 2. The van der Waals surface area contributed by atoms with Crippen LogP contribution in [0.3, 0.4) is 0 Å². The van der Waals surface area contributed by atoms with Crippen molar-refractivity contribution in [3.05, 3.63) is 15.5 Å². The lowest BCUT2D eigenvalue weighted by molar-refractivity contribution is -0.139. The third-order valence-electron chi connectivity index (χ3n) is 2.64. The van der Waals surface area contributed by atoms with Crippen molar-refractivity contribution in [1.29, 1.82) is 0 Å². The van der Waals surface area contributed by atoms with E-state index in [9.17, 15) is 9.59 Å². The highest BCUT2D eigenvalue weighted by molar-refractivity contribution is 7.02. The molecule has 0 fully saturated rings. The van der Waals surface area contributed by atoms with Crippen molar-refractivity contribution in [2.75, 3.05) is 7.05 Å². The molecule has 1 unspecified atom stereocenters. The molecule has 0 aromatic carbocycles. The van der Waals surface area contributed by atoms with Gasteiger partial charge < -0.3 is 10.4 Å². The predicted octanol–water partition coefficient (Wildman–Crippen LogP) is 0.456. The fraction of sp³-hybridized carbons (Fsp3) is 0.700. The van der Waals surface area contributed by atoms with E-state index in [0.717, 1.165) is 30.2 Å². The second-order valence-electron chi connectivity index (χ2n) is 3.82. The van der Waals surface area contributed by atoms with Gasteiger partial charge in [-0.3, -0.25) is 14.2 Å². The molecule has 1 aromatic heterocycles. The summed E-state index contributed by atoms with van der Waals surface area (Å²) in [5.74, 6) is -0.110. The van der Waals surface area contributed by atoms with E-state index in [0.29, 0.717) is 13.0 Å². The minimum Gasteiger partial charge on any atom is -0.480 e. The topological polar surface area (TPSA) is 84.2 Å². The van der Waals surface area contributed by atoms with Gasteiger partial charge >= 0.3 is 10.8 Å². The van der Waals surface area contributed by atoms with Gasteiger partial charge in [0.05, 0.1) is 0 Å². The number of aryl methyl sites for hydroxylation is 1. The number of hydrogen-bond acceptors (Lipinski definition) is 5. The third kappa shape index (κ3) is 3.94. The van der Waals surface area contributed by atoms with Gasteiger partial charge in [-0.15, -0.1) is 0 Å². The first-order valence-electron chi connectivity index (χ1n) is 5.49. The van der Waals surface area contributed by atoms with Gasteiger partial charge in [0.25, 0.3) is 0 Å². The average molecular weight is 259 g/mol. The molecule has 0 aliphatic carbocycles. The van der Waals surface area contributed by atoms with Crippen LogP contribution in [0.25, 0.3) is 0 Å². The second-order valence-corrected chi connectivity index (χ2v) is 4.54. The number of aromatic nitrogens is 2. The number of carbonyl (C=O) groups is 1. The Hall–Kier alpha value is -1.21. The Kier molecular flexibility index (Phi) is 5.30. The number of carboxylic acids is 1. The fourth-order valence-electron chi connectivity index (χ4n) is 1.60. The zero-order valence-corrected chi connectivity index (χ0v) is 10.8. The lowest BCUT2D eigenvalue weighted by Gasteiger charge is -2.10. The van der Waals surface area contributed by atoms with Crippen LogP contribution in [-0.2, 0) is 11.3 Å². The molecule has 0 radical (unpaired) electrons. The number of carboxylic acid groups (broad SMARTS) is 1. The van der Waals surface area contributed by atoms with Gasteiger partial charge in [-0.05, 0) is 33.2 Å². The molecule has 0 aliphatic rings. The molecule has 6 nitrogen and oxygen atoms in total. The fourth-order valence-corrected chi connectivity index (χ4v) is 2.23. The quantitative estimate of drug-likeness (QED) is 0.695. The third-order valence-corrected chi connectivity index (χ3v) is 3.37. The molecule has 0 spiro atoms. The Morgan fingerprint density at radius 2 is 2.29 bits per heavy atom. The highest BCUT2D eigenvalue weighted by atomic mass is 32.1. The molecule has 0 saturated carbocycles. The first kappa shape index (κ1) is 13.9. The lowest BCUT2D eigenvalue weighted by atomic mass is 10.1. The van der Waals surface area contributed by atoms with Gasteiger partial charge in [0.2, 0.25) is 0 Å². The minimum absolute atomic E-state index is 0.0501. The van der Waals surface area contributed by atoms with E-state index < -0.39 is 12.0 Å². The van der Waals surface area contributed by atoms with Crippen molar-refractivity contribution >= 4 is 17.5 Å². The summed E-state index contributed by atoms with van der Waals surface area (Å²) in [6.45, 7) is 2.41. The summed E-state index contributed by atoms with van der Waals surface area (Å²) in [5.41, 5.74) is 0. The first-order chi connectivity index (χ1) is 8.06. The van der Waals surface area contributed by atoms with Gasteiger partial charge in [-0.25, -0.2) is 0 Å². The Balaban J connectivity index is 2.34. The summed E-state index contributed by atoms with van der Waals surface area (Å²) in [6.07, 6.45) is 2.11. The second kappa shape index (κ2) is 6.51. The van der Waals surface area contributed by atoms with Crippen molar-refractivity contribution in [3.63, 3.8) is 0 Å². The lowest BCUT2D eigenvalue weighted by Crippen LogP contribution is -2.33. The molecule has 96 valence electrons. The molecule has 0 aliphatic heterocycles. The Morgan fingerprint density at radius 3 is 2.76 bits per heavy atom. The van der Waals surface area contributed by atoms with Crippen molar-refractivity contribution in [1.82, 2.24) is 14.3 Å². The smallest absolute Gasteiger partial charge is 0.326 e. The first-order valence-corrected chi connectivity index (χ1v) is 6.26. The normalized spacial score (nSPS) is 12.6. The summed E-state index contributed by atoms with van der Waals surface area (Å²) < 4.78 is 5.58. The zero-order valence-electron chi connectivity index (χ0n) is 9.97. The van der Waals surface area contributed by atoms with Gasteiger partial charge in [0.15, 0.2) is 0 Å². The van der Waals surface area contributed by atoms with E-state index >= 15 is 0 Å². The Morgan fingerprint density at radius 1 is 1.59 bits per heavy atom. The zero-order chi connectivity index (χ0) is 12.8. The standard InChI is InChI=1S/C10H17N3O3S/c1-7-12-17-10(16)13(7)6-4-3-5-8(11-2)9(14)15/h8,11H,3-6H2,1-2H3,(H,14,15). The summed E-state index contributed by atoms with van der Waals surface area (Å²) in [5, 5.41) is 11.6. The van der Waals surface area contributed by atoms with Crippen LogP contribution >= 0.6 is 11.5 Å². The predicted molar refractivity (Wildman–Crippen MR) is 65.4 cm³/mol. The van der Waals surface area contributed by atoms with E-state index in [-0.39, 0.29) is 4.87 Å². The van der Waals surface area contributed by atoms with E-state index in [2.05, 4.69) is 9.69 Å². The number of likely N-dealkylation sites (N-methyl/N-ethyl adjacent to an activating group) is 1. The van der Waals surface area contributed by atoms with Gasteiger partial charge in [-0.2, -0.15) is 4.37 Å². The van der Waals surface area contributed by atoms with E-state index in [4.69, 9.17) is 5.11 Å². The Bertz CT molecular complexity index is 427. The van der Waals surface area contributed by atoms with Gasteiger partial charge in [-0.1, -0.05) is 0 Å². The van der Waals surface area contributed by atoms with Crippen LogP contribution in [0.1, 0.15) is 25.1 Å². The molecular weight excluding hydrogens is 242 g/mol. The molecule has 2 N–H and O–H groups in total. The number of aliphatic carboxylic acids is 1.